The molecule has 7 nitrogen and oxygen atoms in total. The number of nitrogens with zero attached hydrogens (tertiary/aromatic N) is 3. The standard InChI is InChI=1S/C26H29F2N5O2/c1-13-16(9-29)6-5-7-17(13)15(3)30-25(35)20-12-33(24-14(2)26(24,27)28)22(34)8-21(20)31-23-18-10-32(4)11-19(18)23/h5-8,12,14-15,18-19,23-24,31H,10-11H2,1-4H3,(H,30,35)/t14-,15+,18-,19+,23-,24-/m0/s1. The monoisotopic (exact) mass is 481 g/mol. The van der Waals surface area contributed by atoms with Gasteiger partial charge in [-0.2, -0.15) is 5.26 Å². The van der Waals surface area contributed by atoms with Gasteiger partial charge < -0.3 is 20.1 Å². The highest BCUT2D eigenvalue weighted by Gasteiger charge is 2.67. The summed E-state index contributed by atoms with van der Waals surface area (Å²) in [7, 11) is 2.06. The van der Waals surface area contributed by atoms with Crippen LogP contribution in [0, 0.1) is 36.0 Å². The molecule has 184 valence electrons. The Labute approximate surface area is 202 Å². The smallest absolute Gasteiger partial charge is 0.273 e. The molecular formula is C26H29F2N5O2. The number of nitriles is 1. The summed E-state index contributed by atoms with van der Waals surface area (Å²) < 4.78 is 29.3. The van der Waals surface area contributed by atoms with Gasteiger partial charge in [-0.1, -0.05) is 19.1 Å². The predicted octanol–water partition coefficient (Wildman–Crippen LogP) is 3.32. The third-order valence-corrected chi connectivity index (χ3v) is 8.00. The fourth-order valence-corrected chi connectivity index (χ4v) is 5.68. The van der Waals surface area contributed by atoms with E-state index in [1.54, 1.807) is 12.1 Å². The first kappa shape index (κ1) is 23.5. The molecule has 1 amide bonds. The summed E-state index contributed by atoms with van der Waals surface area (Å²) in [6.45, 7) is 6.92. The first-order valence-electron chi connectivity index (χ1n) is 11.9. The van der Waals surface area contributed by atoms with Crippen LogP contribution < -0.4 is 16.2 Å². The molecule has 1 saturated heterocycles. The Kier molecular flexibility index (Phi) is 5.48. The molecule has 35 heavy (non-hydrogen) atoms. The summed E-state index contributed by atoms with van der Waals surface area (Å²) in [5.74, 6) is -3.52. The highest BCUT2D eigenvalue weighted by atomic mass is 19.3. The summed E-state index contributed by atoms with van der Waals surface area (Å²) >= 11 is 0. The first-order valence-corrected chi connectivity index (χ1v) is 11.9. The summed E-state index contributed by atoms with van der Waals surface area (Å²) in [5, 5.41) is 15.6. The van der Waals surface area contributed by atoms with Crippen molar-refractivity contribution in [3.05, 3.63) is 63.1 Å². The van der Waals surface area contributed by atoms with Gasteiger partial charge >= 0.3 is 0 Å². The zero-order chi connectivity index (χ0) is 25.2. The van der Waals surface area contributed by atoms with Crippen molar-refractivity contribution in [1.29, 1.82) is 5.26 Å². The van der Waals surface area contributed by atoms with Gasteiger partial charge in [-0.3, -0.25) is 9.59 Å². The second kappa shape index (κ2) is 8.16. The second-order valence-electron chi connectivity index (χ2n) is 10.3. The van der Waals surface area contributed by atoms with Gasteiger partial charge in [0.25, 0.3) is 17.4 Å². The summed E-state index contributed by atoms with van der Waals surface area (Å²) in [4.78, 5) is 28.5. The number of fused-ring (bicyclic) bond motifs is 1. The Hall–Kier alpha value is -3.25. The molecule has 2 N–H and O–H groups in total. The normalized spacial score (nSPS) is 29.1. The highest BCUT2D eigenvalue weighted by molar-refractivity contribution is 5.99. The van der Waals surface area contributed by atoms with E-state index in [4.69, 9.17) is 0 Å². The molecule has 0 radical (unpaired) electrons. The molecule has 9 heteroatoms. The lowest BCUT2D eigenvalue weighted by atomic mass is 9.98. The number of piperidine rings is 1. The second-order valence-corrected chi connectivity index (χ2v) is 10.3. The van der Waals surface area contributed by atoms with Crippen LogP contribution in [-0.2, 0) is 0 Å². The molecule has 5 rings (SSSR count). The van der Waals surface area contributed by atoms with Gasteiger partial charge in [0.2, 0.25) is 0 Å². The fourth-order valence-electron chi connectivity index (χ4n) is 5.68. The number of nitrogens with one attached hydrogen (secondary N) is 2. The lowest BCUT2D eigenvalue weighted by Crippen LogP contribution is -2.32. The van der Waals surface area contributed by atoms with E-state index in [1.807, 2.05) is 19.9 Å². The molecule has 1 aromatic carbocycles. The van der Waals surface area contributed by atoms with Crippen molar-refractivity contribution in [3.8, 4) is 6.07 Å². The van der Waals surface area contributed by atoms with Crippen LogP contribution in [0.15, 0.2) is 35.3 Å². The van der Waals surface area contributed by atoms with E-state index in [-0.39, 0.29) is 11.6 Å². The van der Waals surface area contributed by atoms with Crippen LogP contribution in [-0.4, -0.2) is 47.5 Å². The lowest BCUT2D eigenvalue weighted by molar-refractivity contribution is 0.0868. The number of carbonyl (C=O) groups is 1. The third-order valence-electron chi connectivity index (χ3n) is 8.00. The number of alkyl halides is 2. The number of amides is 1. The highest BCUT2D eigenvalue weighted by Crippen LogP contribution is 2.58. The SMILES string of the molecule is Cc1c(C#N)cccc1[C@@H](C)NC(=O)c1cn([C@H]2[C@H](C)C2(F)F)c(=O)cc1N[C@@H]1[C@@H]2CN(C)C[C@@H]21. The Morgan fingerprint density at radius 2 is 1.94 bits per heavy atom. The van der Waals surface area contributed by atoms with Crippen LogP contribution in [0.25, 0.3) is 0 Å². The molecule has 0 spiro atoms. The van der Waals surface area contributed by atoms with Crippen molar-refractivity contribution in [2.24, 2.45) is 17.8 Å². The average molecular weight is 482 g/mol. The van der Waals surface area contributed by atoms with E-state index in [0.717, 1.165) is 28.8 Å². The fraction of sp³-hybridized carbons (Fsp3) is 0.500. The first-order chi connectivity index (χ1) is 16.5. The van der Waals surface area contributed by atoms with Gasteiger partial charge in [-0.15, -0.1) is 0 Å². The number of benzene rings is 1. The molecule has 1 aliphatic heterocycles. The van der Waals surface area contributed by atoms with E-state index in [2.05, 4.69) is 28.7 Å². The number of hydrogen-bond donors (Lipinski definition) is 2. The summed E-state index contributed by atoms with van der Waals surface area (Å²) in [5.41, 5.74) is 2.08. The molecule has 1 aromatic heterocycles. The quantitative estimate of drug-likeness (QED) is 0.661. The summed E-state index contributed by atoms with van der Waals surface area (Å²) in [6.07, 6.45) is 1.28. The maximum Gasteiger partial charge on any atom is 0.273 e. The van der Waals surface area contributed by atoms with Crippen molar-refractivity contribution in [2.75, 3.05) is 25.5 Å². The number of pyridine rings is 1. The van der Waals surface area contributed by atoms with Crippen LogP contribution in [0.5, 0.6) is 0 Å². The van der Waals surface area contributed by atoms with Gasteiger partial charge in [0.15, 0.2) is 0 Å². The number of rotatable bonds is 6. The maximum absolute atomic E-state index is 14.1. The van der Waals surface area contributed by atoms with Crippen LogP contribution in [0.2, 0.25) is 0 Å². The zero-order valence-corrected chi connectivity index (χ0v) is 20.2. The van der Waals surface area contributed by atoms with Crippen LogP contribution in [0.1, 0.15) is 53.0 Å². The van der Waals surface area contributed by atoms with E-state index >= 15 is 0 Å². The van der Waals surface area contributed by atoms with Gasteiger partial charge in [0, 0.05) is 37.3 Å². The Bertz CT molecular complexity index is 1290. The molecule has 2 saturated carbocycles. The number of aromatic nitrogens is 1. The largest absolute Gasteiger partial charge is 0.381 e. The molecule has 2 aromatic rings. The summed E-state index contributed by atoms with van der Waals surface area (Å²) in [6, 6.07) is 7.21. The number of carbonyl (C=O) groups excluding carboxylic acids is 1. The average Bonchev–Trinajstić information content (AvgIpc) is 3.48. The van der Waals surface area contributed by atoms with Gasteiger partial charge in [0.05, 0.1) is 28.9 Å². The lowest BCUT2D eigenvalue weighted by Gasteiger charge is -2.21. The predicted molar refractivity (Wildman–Crippen MR) is 128 cm³/mol. The molecule has 0 unspecified atom stereocenters. The minimum atomic E-state index is -2.98. The van der Waals surface area contributed by atoms with Crippen LogP contribution in [0.3, 0.4) is 0 Å². The maximum atomic E-state index is 14.1. The van der Waals surface area contributed by atoms with Gasteiger partial charge in [-0.25, -0.2) is 8.78 Å². The van der Waals surface area contributed by atoms with Crippen molar-refractivity contribution in [1.82, 2.24) is 14.8 Å². The Morgan fingerprint density at radius 1 is 1.29 bits per heavy atom. The van der Waals surface area contributed by atoms with Gasteiger partial charge in [-0.05, 0) is 49.9 Å². The van der Waals surface area contributed by atoms with Crippen LogP contribution >= 0.6 is 0 Å². The van der Waals surface area contributed by atoms with E-state index < -0.39 is 35.4 Å². The zero-order valence-electron chi connectivity index (χ0n) is 20.2. The molecule has 2 heterocycles. The topological polar surface area (TPSA) is 90.2 Å². The Morgan fingerprint density at radius 3 is 2.54 bits per heavy atom. The molecule has 6 atom stereocenters. The van der Waals surface area contributed by atoms with Gasteiger partial charge in [0.1, 0.15) is 6.04 Å². The number of hydrogen-bond acceptors (Lipinski definition) is 5. The minimum Gasteiger partial charge on any atom is -0.381 e. The van der Waals surface area contributed by atoms with Crippen molar-refractivity contribution < 1.29 is 13.6 Å². The molecular weight excluding hydrogens is 452 g/mol. The molecule has 3 fully saturated rings. The number of halogens is 2. The van der Waals surface area contributed by atoms with Crippen LogP contribution in [0.4, 0.5) is 14.5 Å². The number of likely N-dealkylation sites (tertiary alicyclic amines) is 1. The molecule has 0 bridgehead atoms. The Balaban J connectivity index is 1.45. The third kappa shape index (κ3) is 3.90. The number of anilines is 1. The minimum absolute atomic E-state index is 0.154. The van der Waals surface area contributed by atoms with Crippen molar-refractivity contribution in [2.45, 2.75) is 44.8 Å². The van der Waals surface area contributed by atoms with E-state index in [9.17, 15) is 23.6 Å². The van der Waals surface area contributed by atoms with E-state index in [1.165, 1.54) is 19.2 Å². The van der Waals surface area contributed by atoms with Crippen molar-refractivity contribution in [3.63, 3.8) is 0 Å². The molecule has 2 aliphatic carbocycles. The van der Waals surface area contributed by atoms with E-state index in [0.29, 0.717) is 23.1 Å². The molecule has 3 aliphatic rings. The van der Waals surface area contributed by atoms with Crippen molar-refractivity contribution >= 4 is 11.6 Å².